The zero-order valence-electron chi connectivity index (χ0n) is 10.6. The number of carboxylic acids is 1. The molecule has 0 radical (unpaired) electrons. The predicted molar refractivity (Wildman–Crippen MR) is 72.0 cm³/mol. The van der Waals surface area contributed by atoms with Crippen molar-refractivity contribution in [1.82, 2.24) is 0 Å². The summed E-state index contributed by atoms with van der Waals surface area (Å²) in [6, 6.07) is 4.62. The number of rotatable bonds is 6. The minimum Gasteiger partial charge on any atom is -0.497 e. The Morgan fingerprint density at radius 2 is 2.22 bits per heavy atom. The Morgan fingerprint density at radius 3 is 2.72 bits per heavy atom. The fraction of sp³-hybridized carbons (Fsp3) is 0.417. The SMILES string of the molecule is COc1ccc(C(=O)O)c(NC(C)CS(C)=O)c1. The normalized spacial score (nSPS) is 13.7. The highest BCUT2D eigenvalue weighted by Crippen LogP contribution is 2.23. The third-order valence-electron chi connectivity index (χ3n) is 2.34. The highest BCUT2D eigenvalue weighted by molar-refractivity contribution is 7.84. The van der Waals surface area contributed by atoms with E-state index in [-0.39, 0.29) is 11.6 Å². The van der Waals surface area contributed by atoms with Gasteiger partial charge in [-0.1, -0.05) is 0 Å². The molecule has 2 unspecified atom stereocenters. The molecule has 2 N–H and O–H groups in total. The summed E-state index contributed by atoms with van der Waals surface area (Å²) in [6.07, 6.45) is 1.61. The number of carboxylic acid groups (broad SMARTS) is 1. The molecule has 0 fully saturated rings. The minimum absolute atomic E-state index is 0.0824. The summed E-state index contributed by atoms with van der Waals surface area (Å²) in [5.74, 6) is 0.0216. The number of ether oxygens (including phenoxy) is 1. The van der Waals surface area contributed by atoms with E-state index in [2.05, 4.69) is 5.32 Å². The molecular weight excluding hydrogens is 254 g/mol. The maximum absolute atomic E-state index is 11.1. The first-order valence-electron chi connectivity index (χ1n) is 5.42. The van der Waals surface area contributed by atoms with Crippen molar-refractivity contribution in [2.75, 3.05) is 24.4 Å². The van der Waals surface area contributed by atoms with E-state index in [1.165, 1.54) is 13.2 Å². The van der Waals surface area contributed by atoms with Crippen LogP contribution in [0, 0.1) is 0 Å². The standard InChI is InChI=1S/C12H17NO4S/c1-8(7-18(3)16)13-11-6-9(17-2)4-5-10(11)12(14)15/h4-6,8,13H,7H2,1-3H3,(H,14,15). The van der Waals surface area contributed by atoms with E-state index in [1.54, 1.807) is 18.4 Å². The maximum Gasteiger partial charge on any atom is 0.337 e. The Balaban J connectivity index is 2.96. The Hall–Kier alpha value is -1.56. The van der Waals surface area contributed by atoms with Crippen molar-refractivity contribution in [2.45, 2.75) is 13.0 Å². The Kier molecular flexibility index (Phi) is 5.15. The highest BCUT2D eigenvalue weighted by Gasteiger charge is 2.13. The van der Waals surface area contributed by atoms with Gasteiger partial charge in [-0.3, -0.25) is 4.21 Å². The largest absolute Gasteiger partial charge is 0.497 e. The van der Waals surface area contributed by atoms with E-state index in [0.717, 1.165) is 0 Å². The van der Waals surface area contributed by atoms with Gasteiger partial charge >= 0.3 is 5.97 Å². The van der Waals surface area contributed by atoms with E-state index >= 15 is 0 Å². The van der Waals surface area contributed by atoms with Gasteiger partial charge in [0.1, 0.15) is 5.75 Å². The molecule has 1 aromatic carbocycles. The van der Waals surface area contributed by atoms with Crippen molar-refractivity contribution in [3.05, 3.63) is 23.8 Å². The van der Waals surface area contributed by atoms with Crippen LogP contribution in [0.15, 0.2) is 18.2 Å². The molecular formula is C12H17NO4S. The molecule has 18 heavy (non-hydrogen) atoms. The molecule has 1 aromatic rings. The van der Waals surface area contributed by atoms with Gasteiger partial charge in [0.25, 0.3) is 0 Å². The van der Waals surface area contributed by atoms with Gasteiger partial charge in [0.2, 0.25) is 0 Å². The lowest BCUT2D eigenvalue weighted by molar-refractivity contribution is 0.0698. The van der Waals surface area contributed by atoms with Crippen LogP contribution in [0.25, 0.3) is 0 Å². The number of benzene rings is 1. The molecule has 0 aromatic heterocycles. The van der Waals surface area contributed by atoms with Gasteiger partial charge in [-0.15, -0.1) is 0 Å². The fourth-order valence-corrected chi connectivity index (χ4v) is 2.40. The highest BCUT2D eigenvalue weighted by atomic mass is 32.2. The van der Waals surface area contributed by atoms with E-state index in [9.17, 15) is 9.00 Å². The number of anilines is 1. The molecule has 0 aliphatic heterocycles. The van der Waals surface area contributed by atoms with Gasteiger partial charge < -0.3 is 15.2 Å². The average Bonchev–Trinajstić information content (AvgIpc) is 2.27. The van der Waals surface area contributed by atoms with Crippen LogP contribution in [0.5, 0.6) is 5.75 Å². The van der Waals surface area contributed by atoms with E-state index in [4.69, 9.17) is 9.84 Å². The molecule has 2 atom stereocenters. The first-order chi connectivity index (χ1) is 8.43. The molecule has 0 heterocycles. The van der Waals surface area contributed by atoms with Crippen LogP contribution < -0.4 is 10.1 Å². The van der Waals surface area contributed by atoms with Crippen molar-refractivity contribution < 1.29 is 18.8 Å². The van der Waals surface area contributed by atoms with Gasteiger partial charge in [0, 0.05) is 34.9 Å². The lowest BCUT2D eigenvalue weighted by Gasteiger charge is -2.16. The van der Waals surface area contributed by atoms with E-state index in [1.807, 2.05) is 6.92 Å². The zero-order chi connectivity index (χ0) is 13.7. The van der Waals surface area contributed by atoms with Gasteiger partial charge in [-0.05, 0) is 19.1 Å². The fourth-order valence-electron chi connectivity index (χ4n) is 1.62. The Bertz CT molecular complexity index is 461. The van der Waals surface area contributed by atoms with Crippen LogP contribution in [-0.2, 0) is 10.8 Å². The van der Waals surface area contributed by atoms with E-state index < -0.39 is 16.8 Å². The first kappa shape index (κ1) is 14.5. The van der Waals surface area contributed by atoms with Crippen LogP contribution in [-0.4, -0.2) is 40.4 Å². The second kappa shape index (κ2) is 6.39. The van der Waals surface area contributed by atoms with Gasteiger partial charge in [-0.25, -0.2) is 4.79 Å². The van der Waals surface area contributed by atoms with Gasteiger partial charge in [0.15, 0.2) is 0 Å². The van der Waals surface area contributed by atoms with Crippen LogP contribution in [0.4, 0.5) is 5.69 Å². The second-order valence-electron chi connectivity index (χ2n) is 4.00. The number of hydrogen-bond acceptors (Lipinski definition) is 4. The molecule has 0 spiro atoms. The first-order valence-corrected chi connectivity index (χ1v) is 7.14. The third-order valence-corrected chi connectivity index (χ3v) is 3.31. The van der Waals surface area contributed by atoms with E-state index in [0.29, 0.717) is 17.2 Å². The summed E-state index contributed by atoms with van der Waals surface area (Å²) in [5.41, 5.74) is 0.643. The van der Waals surface area contributed by atoms with Crippen molar-refractivity contribution >= 4 is 22.5 Å². The number of nitrogens with one attached hydrogen (secondary N) is 1. The summed E-state index contributed by atoms with van der Waals surface area (Å²) in [6.45, 7) is 1.85. The van der Waals surface area contributed by atoms with Crippen molar-refractivity contribution in [3.63, 3.8) is 0 Å². The van der Waals surface area contributed by atoms with Crippen LogP contribution in [0.1, 0.15) is 17.3 Å². The molecule has 0 bridgehead atoms. The summed E-state index contributed by atoms with van der Waals surface area (Å²) in [5, 5.41) is 12.1. The molecule has 6 heteroatoms. The quantitative estimate of drug-likeness (QED) is 0.821. The lowest BCUT2D eigenvalue weighted by Crippen LogP contribution is -2.23. The monoisotopic (exact) mass is 271 g/mol. The third kappa shape index (κ3) is 4.03. The molecule has 0 aliphatic rings. The topological polar surface area (TPSA) is 75.6 Å². The lowest BCUT2D eigenvalue weighted by atomic mass is 10.1. The molecule has 5 nitrogen and oxygen atoms in total. The Morgan fingerprint density at radius 1 is 1.56 bits per heavy atom. The predicted octanol–water partition coefficient (Wildman–Crippen LogP) is 1.57. The number of aromatic carboxylic acids is 1. The molecule has 0 saturated heterocycles. The Labute approximate surface area is 109 Å². The van der Waals surface area contributed by atoms with Crippen molar-refractivity contribution in [2.24, 2.45) is 0 Å². The number of hydrogen-bond donors (Lipinski definition) is 2. The summed E-state index contributed by atoms with van der Waals surface area (Å²) in [4.78, 5) is 11.1. The van der Waals surface area contributed by atoms with Crippen LogP contribution in [0.2, 0.25) is 0 Å². The summed E-state index contributed by atoms with van der Waals surface area (Å²) in [7, 11) is 0.583. The average molecular weight is 271 g/mol. The zero-order valence-corrected chi connectivity index (χ0v) is 11.4. The molecule has 1 rings (SSSR count). The maximum atomic E-state index is 11.1. The van der Waals surface area contributed by atoms with Gasteiger partial charge in [0.05, 0.1) is 18.4 Å². The number of methoxy groups -OCH3 is 1. The summed E-state index contributed by atoms with van der Waals surface area (Å²) < 4.78 is 16.2. The molecule has 0 amide bonds. The van der Waals surface area contributed by atoms with Crippen LogP contribution >= 0.6 is 0 Å². The summed E-state index contributed by atoms with van der Waals surface area (Å²) >= 11 is 0. The van der Waals surface area contributed by atoms with Crippen molar-refractivity contribution in [3.8, 4) is 5.75 Å². The number of carbonyl (C=O) groups is 1. The molecule has 0 aliphatic carbocycles. The smallest absolute Gasteiger partial charge is 0.337 e. The molecule has 0 saturated carbocycles. The van der Waals surface area contributed by atoms with Crippen LogP contribution in [0.3, 0.4) is 0 Å². The molecule has 100 valence electrons. The second-order valence-corrected chi connectivity index (χ2v) is 5.48. The van der Waals surface area contributed by atoms with Gasteiger partial charge in [-0.2, -0.15) is 0 Å². The van der Waals surface area contributed by atoms with Crippen molar-refractivity contribution in [1.29, 1.82) is 0 Å². The minimum atomic E-state index is -1.01.